The molecule has 0 saturated carbocycles. The van der Waals surface area contributed by atoms with Gasteiger partial charge in [0.1, 0.15) is 5.75 Å². The zero-order valence-corrected chi connectivity index (χ0v) is 18.3. The van der Waals surface area contributed by atoms with Crippen LogP contribution in [0.15, 0.2) is 24.3 Å². The average Bonchev–Trinajstić information content (AvgIpc) is 2.66. The van der Waals surface area contributed by atoms with Crippen LogP contribution in [0, 0.1) is 5.92 Å². The largest absolute Gasteiger partial charge is 0.491 e. The van der Waals surface area contributed by atoms with Crippen molar-refractivity contribution in [2.75, 3.05) is 18.8 Å². The van der Waals surface area contributed by atoms with Crippen LogP contribution in [0.5, 0.6) is 5.75 Å². The summed E-state index contributed by atoms with van der Waals surface area (Å²) in [5, 5.41) is 3.07. The highest BCUT2D eigenvalue weighted by Gasteiger charge is 2.31. The molecule has 1 aliphatic rings. The maximum Gasteiger partial charge on any atom is 0.223 e. The Labute approximate surface area is 169 Å². The third kappa shape index (κ3) is 6.48. The van der Waals surface area contributed by atoms with Crippen molar-refractivity contribution in [1.29, 1.82) is 0 Å². The average molecular weight is 411 g/mol. The number of unbranched alkanes of at least 4 members (excludes halogenated alkanes) is 1. The number of hydrogen-bond acceptors (Lipinski definition) is 4. The zero-order chi connectivity index (χ0) is 20.7. The topological polar surface area (TPSA) is 75.7 Å². The molecule has 1 fully saturated rings. The molecule has 158 valence electrons. The lowest BCUT2D eigenvalue weighted by Crippen LogP contribution is -2.44. The van der Waals surface area contributed by atoms with Crippen molar-refractivity contribution in [2.45, 2.75) is 65.5 Å². The number of carbonyl (C=O) groups is 1. The van der Waals surface area contributed by atoms with Gasteiger partial charge in [-0.05, 0) is 57.7 Å². The molecule has 0 radical (unpaired) electrons. The number of carbonyl (C=O) groups excluding carboxylic acids is 1. The summed E-state index contributed by atoms with van der Waals surface area (Å²) >= 11 is 0. The second-order valence-corrected chi connectivity index (χ2v) is 9.90. The van der Waals surface area contributed by atoms with Crippen LogP contribution in [0.2, 0.25) is 0 Å². The van der Waals surface area contributed by atoms with E-state index in [1.165, 1.54) is 0 Å². The summed E-state index contributed by atoms with van der Waals surface area (Å²) < 4.78 is 31.8. The fourth-order valence-electron chi connectivity index (χ4n) is 3.37. The fraction of sp³-hybridized carbons (Fsp3) is 0.667. The van der Waals surface area contributed by atoms with E-state index in [0.717, 1.165) is 17.7 Å². The van der Waals surface area contributed by atoms with Gasteiger partial charge in [0, 0.05) is 19.0 Å². The Morgan fingerprint density at radius 3 is 2.32 bits per heavy atom. The van der Waals surface area contributed by atoms with Crippen molar-refractivity contribution in [3.8, 4) is 5.75 Å². The molecule has 1 aromatic rings. The molecule has 2 rings (SSSR count). The highest BCUT2D eigenvalue weighted by molar-refractivity contribution is 7.89. The number of piperidine rings is 1. The Hall–Kier alpha value is -1.60. The monoisotopic (exact) mass is 410 g/mol. The second kappa shape index (κ2) is 10.3. The predicted octanol–water partition coefficient (Wildman–Crippen LogP) is 3.49. The lowest BCUT2D eigenvalue weighted by molar-refractivity contribution is -0.126. The summed E-state index contributed by atoms with van der Waals surface area (Å²) in [5.74, 6) is 0.881. The van der Waals surface area contributed by atoms with Gasteiger partial charge in [0.15, 0.2) is 0 Å². The molecule has 28 heavy (non-hydrogen) atoms. The molecule has 1 unspecified atom stereocenters. The summed E-state index contributed by atoms with van der Waals surface area (Å²) in [5.41, 5.74) is 1.02. The quantitative estimate of drug-likeness (QED) is 0.676. The van der Waals surface area contributed by atoms with Crippen molar-refractivity contribution in [2.24, 2.45) is 5.92 Å². The number of nitrogens with one attached hydrogen (secondary N) is 1. The Morgan fingerprint density at radius 2 is 1.79 bits per heavy atom. The van der Waals surface area contributed by atoms with Gasteiger partial charge in [-0.1, -0.05) is 25.5 Å². The minimum Gasteiger partial charge on any atom is -0.491 e. The van der Waals surface area contributed by atoms with E-state index in [2.05, 4.69) is 5.32 Å². The van der Waals surface area contributed by atoms with E-state index in [-0.39, 0.29) is 29.7 Å². The SMILES string of the molecule is CCCCS(=O)(=O)N1CCC(C(=O)NC(C)c2ccc(OC(C)C)cc2)CC1. The van der Waals surface area contributed by atoms with E-state index < -0.39 is 10.0 Å². The maximum atomic E-state index is 12.6. The lowest BCUT2D eigenvalue weighted by atomic mass is 9.96. The first kappa shape index (κ1) is 22.7. The van der Waals surface area contributed by atoms with Crippen LogP contribution in [-0.4, -0.2) is 43.6 Å². The van der Waals surface area contributed by atoms with Crippen molar-refractivity contribution in [3.05, 3.63) is 29.8 Å². The number of ether oxygens (including phenoxy) is 1. The minimum absolute atomic E-state index is 0.000568. The number of hydrogen-bond donors (Lipinski definition) is 1. The van der Waals surface area contributed by atoms with Crippen LogP contribution in [0.3, 0.4) is 0 Å². The molecule has 1 amide bonds. The Balaban J connectivity index is 1.85. The number of nitrogens with zero attached hydrogens (tertiary/aromatic N) is 1. The summed E-state index contributed by atoms with van der Waals surface area (Å²) in [6.07, 6.45) is 2.82. The van der Waals surface area contributed by atoms with Crippen LogP contribution in [0.1, 0.15) is 65.0 Å². The highest BCUT2D eigenvalue weighted by Crippen LogP contribution is 2.23. The van der Waals surface area contributed by atoms with Crippen molar-refractivity contribution in [1.82, 2.24) is 9.62 Å². The number of amides is 1. The molecule has 1 saturated heterocycles. The first-order chi connectivity index (χ1) is 13.2. The minimum atomic E-state index is -3.18. The van der Waals surface area contributed by atoms with Gasteiger partial charge in [0.05, 0.1) is 17.9 Å². The molecule has 0 bridgehead atoms. The number of benzene rings is 1. The van der Waals surface area contributed by atoms with E-state index in [9.17, 15) is 13.2 Å². The van der Waals surface area contributed by atoms with Crippen molar-refractivity contribution >= 4 is 15.9 Å². The molecule has 0 spiro atoms. The van der Waals surface area contributed by atoms with Crippen LogP contribution < -0.4 is 10.1 Å². The first-order valence-corrected chi connectivity index (χ1v) is 11.9. The standard InChI is InChI=1S/C21H34N2O4S/c1-5-6-15-28(25,26)23-13-11-19(12-14-23)21(24)22-17(4)18-7-9-20(10-8-18)27-16(2)3/h7-10,16-17,19H,5-6,11-15H2,1-4H3,(H,22,24). The molecule has 7 heteroatoms. The molecule has 1 N–H and O–H groups in total. The number of sulfonamides is 1. The van der Waals surface area contributed by atoms with E-state index in [4.69, 9.17) is 4.74 Å². The summed E-state index contributed by atoms with van der Waals surface area (Å²) in [6, 6.07) is 7.65. The lowest BCUT2D eigenvalue weighted by Gasteiger charge is -2.31. The molecule has 0 aromatic heterocycles. The Kier molecular flexibility index (Phi) is 8.31. The van der Waals surface area contributed by atoms with Gasteiger partial charge in [-0.25, -0.2) is 12.7 Å². The fourth-order valence-corrected chi connectivity index (χ4v) is 5.05. The van der Waals surface area contributed by atoms with Crippen LogP contribution >= 0.6 is 0 Å². The molecular weight excluding hydrogens is 376 g/mol. The smallest absolute Gasteiger partial charge is 0.223 e. The van der Waals surface area contributed by atoms with E-state index in [0.29, 0.717) is 32.4 Å². The molecule has 1 aromatic carbocycles. The molecule has 1 heterocycles. The van der Waals surface area contributed by atoms with E-state index in [1.54, 1.807) is 4.31 Å². The molecule has 1 aliphatic heterocycles. The van der Waals surface area contributed by atoms with Crippen molar-refractivity contribution < 1.29 is 17.9 Å². The summed E-state index contributed by atoms with van der Waals surface area (Å²) in [6.45, 7) is 8.77. The molecular formula is C21H34N2O4S. The second-order valence-electron chi connectivity index (χ2n) is 7.81. The molecule has 0 aliphatic carbocycles. The maximum absolute atomic E-state index is 12.6. The summed E-state index contributed by atoms with van der Waals surface area (Å²) in [7, 11) is -3.18. The van der Waals surface area contributed by atoms with Crippen LogP contribution in [0.25, 0.3) is 0 Å². The predicted molar refractivity (Wildman–Crippen MR) is 112 cm³/mol. The van der Waals surface area contributed by atoms with Crippen LogP contribution in [0.4, 0.5) is 0 Å². The van der Waals surface area contributed by atoms with E-state index in [1.807, 2.05) is 52.0 Å². The van der Waals surface area contributed by atoms with Gasteiger partial charge in [0.25, 0.3) is 0 Å². The van der Waals surface area contributed by atoms with Gasteiger partial charge in [-0.15, -0.1) is 0 Å². The first-order valence-electron chi connectivity index (χ1n) is 10.3. The zero-order valence-electron chi connectivity index (χ0n) is 17.5. The highest BCUT2D eigenvalue weighted by atomic mass is 32.2. The van der Waals surface area contributed by atoms with E-state index >= 15 is 0 Å². The van der Waals surface area contributed by atoms with Gasteiger partial charge in [0.2, 0.25) is 15.9 Å². The van der Waals surface area contributed by atoms with Gasteiger partial charge in [-0.2, -0.15) is 0 Å². The van der Waals surface area contributed by atoms with Crippen molar-refractivity contribution in [3.63, 3.8) is 0 Å². The summed E-state index contributed by atoms with van der Waals surface area (Å²) in [4.78, 5) is 12.6. The third-order valence-corrected chi connectivity index (χ3v) is 7.04. The van der Waals surface area contributed by atoms with Crippen LogP contribution in [-0.2, 0) is 14.8 Å². The van der Waals surface area contributed by atoms with Gasteiger partial charge in [-0.3, -0.25) is 4.79 Å². The Bertz CT molecular complexity index is 723. The normalized spacial score (nSPS) is 17.5. The molecule has 6 nitrogen and oxygen atoms in total. The molecule has 1 atom stereocenters. The Morgan fingerprint density at radius 1 is 1.18 bits per heavy atom. The third-order valence-electron chi connectivity index (χ3n) is 5.08. The number of rotatable bonds is 9. The van der Waals surface area contributed by atoms with Gasteiger partial charge < -0.3 is 10.1 Å². The van der Waals surface area contributed by atoms with Gasteiger partial charge >= 0.3 is 0 Å².